The van der Waals surface area contributed by atoms with E-state index in [9.17, 15) is 0 Å². The van der Waals surface area contributed by atoms with Crippen molar-refractivity contribution in [3.63, 3.8) is 0 Å². The molecule has 3 N–H and O–H groups in total. The highest BCUT2D eigenvalue weighted by Crippen LogP contribution is 2.39. The van der Waals surface area contributed by atoms with Gasteiger partial charge in [0.05, 0.1) is 11.3 Å². The number of aromatic nitrogens is 2. The number of hydrogen-bond donors (Lipinski definition) is 2. The Balaban J connectivity index is 2.25. The maximum Gasteiger partial charge on any atom is 0.153 e. The van der Waals surface area contributed by atoms with Crippen LogP contribution in [0.15, 0.2) is 42.5 Å². The van der Waals surface area contributed by atoms with Crippen LogP contribution in [0.2, 0.25) is 10.0 Å². The largest absolute Gasteiger partial charge is 0.382 e. The van der Waals surface area contributed by atoms with E-state index in [-0.39, 0.29) is 0 Å². The molecule has 3 rings (SSSR count). The summed E-state index contributed by atoms with van der Waals surface area (Å²) in [6.45, 7) is 1.99. The number of benzene rings is 2. The minimum Gasteiger partial charge on any atom is -0.382 e. The van der Waals surface area contributed by atoms with Crippen LogP contribution in [0.25, 0.3) is 22.4 Å². The number of H-pyrrole nitrogens is 1. The molecule has 0 unspecified atom stereocenters. The van der Waals surface area contributed by atoms with Gasteiger partial charge in [0.15, 0.2) is 5.82 Å². The molecule has 0 saturated carbocycles. The molecule has 0 aliphatic heterocycles. The van der Waals surface area contributed by atoms with Crippen LogP contribution in [-0.2, 0) is 0 Å². The van der Waals surface area contributed by atoms with E-state index >= 15 is 0 Å². The Kier molecular flexibility index (Phi) is 3.62. The zero-order valence-corrected chi connectivity index (χ0v) is 12.8. The Morgan fingerprint density at radius 2 is 1.81 bits per heavy atom. The molecule has 1 aromatic heterocycles. The van der Waals surface area contributed by atoms with Crippen LogP contribution in [0.3, 0.4) is 0 Å². The number of nitrogens with two attached hydrogens (primary N) is 1. The maximum absolute atomic E-state index is 6.29. The summed E-state index contributed by atoms with van der Waals surface area (Å²) < 4.78 is 0. The second-order valence-corrected chi connectivity index (χ2v) is 5.64. The van der Waals surface area contributed by atoms with Gasteiger partial charge in [-0.3, -0.25) is 5.10 Å². The number of anilines is 1. The molecule has 5 heteroatoms. The van der Waals surface area contributed by atoms with Crippen LogP contribution in [-0.4, -0.2) is 10.2 Å². The molecule has 2 aromatic carbocycles. The van der Waals surface area contributed by atoms with Gasteiger partial charge in [-0.05, 0) is 30.7 Å². The number of nitrogen functional groups attached to an aromatic ring is 1. The average molecular weight is 318 g/mol. The van der Waals surface area contributed by atoms with Gasteiger partial charge in [-0.15, -0.1) is 0 Å². The Bertz CT molecular complexity index is 809. The summed E-state index contributed by atoms with van der Waals surface area (Å²) in [6.07, 6.45) is 0. The van der Waals surface area contributed by atoms with Gasteiger partial charge in [0.25, 0.3) is 0 Å². The van der Waals surface area contributed by atoms with Crippen molar-refractivity contribution in [3.05, 3.63) is 58.1 Å². The number of aromatic amines is 1. The van der Waals surface area contributed by atoms with Crippen molar-refractivity contribution in [2.75, 3.05) is 5.73 Å². The van der Waals surface area contributed by atoms with Crippen LogP contribution in [0.1, 0.15) is 5.56 Å². The highest BCUT2D eigenvalue weighted by atomic mass is 35.5. The standard InChI is InChI=1S/C16H13Cl2N3/c1-9-8-10(17)6-7-11(9)15-14(16(19)21-20-15)12-4-2-3-5-13(12)18/h2-8H,1H3,(H3,19,20,21). The lowest BCUT2D eigenvalue weighted by Gasteiger charge is -2.09. The number of hydrogen-bond acceptors (Lipinski definition) is 2. The molecule has 0 saturated heterocycles. The van der Waals surface area contributed by atoms with Gasteiger partial charge >= 0.3 is 0 Å². The monoisotopic (exact) mass is 317 g/mol. The Labute approximate surface area is 132 Å². The summed E-state index contributed by atoms with van der Waals surface area (Å²) >= 11 is 12.3. The normalized spacial score (nSPS) is 10.8. The fourth-order valence-electron chi connectivity index (χ4n) is 2.40. The third-order valence-corrected chi connectivity index (χ3v) is 3.96. The van der Waals surface area contributed by atoms with Crippen molar-refractivity contribution in [1.29, 1.82) is 0 Å². The van der Waals surface area contributed by atoms with Crippen molar-refractivity contribution in [2.24, 2.45) is 0 Å². The molecule has 0 aliphatic rings. The molecule has 0 bridgehead atoms. The summed E-state index contributed by atoms with van der Waals surface area (Å²) in [4.78, 5) is 0. The van der Waals surface area contributed by atoms with E-state index in [1.54, 1.807) is 0 Å². The van der Waals surface area contributed by atoms with E-state index in [2.05, 4.69) is 10.2 Å². The molecule has 106 valence electrons. The van der Waals surface area contributed by atoms with Crippen LogP contribution in [0.4, 0.5) is 5.82 Å². The summed E-state index contributed by atoms with van der Waals surface area (Å²) in [5.41, 5.74) is 10.6. The first-order valence-corrected chi connectivity index (χ1v) is 7.19. The molecule has 1 heterocycles. The number of nitrogens with one attached hydrogen (secondary N) is 1. The topological polar surface area (TPSA) is 54.7 Å². The van der Waals surface area contributed by atoms with Gasteiger partial charge in [-0.2, -0.15) is 5.10 Å². The average Bonchev–Trinajstić information content (AvgIpc) is 2.81. The first kappa shape index (κ1) is 14.0. The number of rotatable bonds is 2. The Hall–Kier alpha value is -1.97. The second-order valence-electron chi connectivity index (χ2n) is 4.80. The summed E-state index contributed by atoms with van der Waals surface area (Å²) in [5, 5.41) is 8.47. The predicted molar refractivity (Wildman–Crippen MR) is 88.6 cm³/mol. The highest BCUT2D eigenvalue weighted by molar-refractivity contribution is 6.33. The van der Waals surface area contributed by atoms with Crippen molar-refractivity contribution in [1.82, 2.24) is 10.2 Å². The van der Waals surface area contributed by atoms with Crippen LogP contribution in [0.5, 0.6) is 0 Å². The molecule has 0 amide bonds. The zero-order valence-electron chi connectivity index (χ0n) is 11.3. The smallest absolute Gasteiger partial charge is 0.153 e. The minimum absolute atomic E-state index is 0.424. The molecular formula is C16H13Cl2N3. The Morgan fingerprint density at radius 3 is 2.52 bits per heavy atom. The van der Waals surface area contributed by atoms with E-state index < -0.39 is 0 Å². The van der Waals surface area contributed by atoms with Crippen molar-refractivity contribution in [2.45, 2.75) is 6.92 Å². The first-order valence-electron chi connectivity index (χ1n) is 6.43. The third-order valence-electron chi connectivity index (χ3n) is 3.40. The van der Waals surface area contributed by atoms with Crippen molar-refractivity contribution in [3.8, 4) is 22.4 Å². The predicted octanol–water partition coefficient (Wildman–Crippen LogP) is 4.94. The van der Waals surface area contributed by atoms with E-state index in [1.165, 1.54) is 0 Å². The zero-order chi connectivity index (χ0) is 15.0. The van der Waals surface area contributed by atoms with E-state index in [4.69, 9.17) is 28.9 Å². The van der Waals surface area contributed by atoms with Crippen molar-refractivity contribution >= 4 is 29.0 Å². The summed E-state index contributed by atoms with van der Waals surface area (Å²) in [7, 11) is 0. The minimum atomic E-state index is 0.424. The number of nitrogens with zero attached hydrogens (tertiary/aromatic N) is 1. The Morgan fingerprint density at radius 1 is 1.05 bits per heavy atom. The van der Waals surface area contributed by atoms with Gasteiger partial charge in [0, 0.05) is 21.2 Å². The quantitative estimate of drug-likeness (QED) is 0.703. The molecule has 0 aliphatic carbocycles. The SMILES string of the molecule is Cc1cc(Cl)ccc1-c1[nH]nc(N)c1-c1ccccc1Cl. The van der Waals surface area contributed by atoms with Gasteiger partial charge in [-0.1, -0.05) is 47.5 Å². The molecule has 0 radical (unpaired) electrons. The van der Waals surface area contributed by atoms with E-state index in [0.29, 0.717) is 15.9 Å². The lowest BCUT2D eigenvalue weighted by atomic mass is 9.98. The molecule has 21 heavy (non-hydrogen) atoms. The third kappa shape index (κ3) is 2.50. The van der Waals surface area contributed by atoms with Gasteiger partial charge in [-0.25, -0.2) is 0 Å². The van der Waals surface area contributed by atoms with E-state index in [0.717, 1.165) is 27.9 Å². The second kappa shape index (κ2) is 5.43. The number of aryl methyl sites for hydroxylation is 1. The molecule has 0 spiro atoms. The van der Waals surface area contributed by atoms with E-state index in [1.807, 2.05) is 49.4 Å². The molecule has 0 atom stereocenters. The fraction of sp³-hybridized carbons (Fsp3) is 0.0625. The lowest BCUT2D eigenvalue weighted by molar-refractivity contribution is 1.10. The van der Waals surface area contributed by atoms with Crippen LogP contribution >= 0.6 is 23.2 Å². The summed E-state index contributed by atoms with van der Waals surface area (Å²) in [5.74, 6) is 0.424. The fourth-order valence-corrected chi connectivity index (χ4v) is 2.85. The highest BCUT2D eigenvalue weighted by Gasteiger charge is 2.18. The maximum atomic E-state index is 6.29. The van der Waals surface area contributed by atoms with Gasteiger partial charge < -0.3 is 5.73 Å². The molecule has 3 nitrogen and oxygen atoms in total. The van der Waals surface area contributed by atoms with Gasteiger partial charge in [0.1, 0.15) is 0 Å². The number of halogens is 2. The molecule has 0 fully saturated rings. The summed E-state index contributed by atoms with van der Waals surface area (Å²) in [6, 6.07) is 13.3. The first-order chi connectivity index (χ1) is 10.1. The molecular weight excluding hydrogens is 305 g/mol. The molecule has 3 aromatic rings. The van der Waals surface area contributed by atoms with Gasteiger partial charge in [0.2, 0.25) is 0 Å². The van der Waals surface area contributed by atoms with Crippen LogP contribution < -0.4 is 5.73 Å². The lowest BCUT2D eigenvalue weighted by Crippen LogP contribution is -1.90. The van der Waals surface area contributed by atoms with Crippen LogP contribution in [0, 0.1) is 6.92 Å². The van der Waals surface area contributed by atoms with Crippen molar-refractivity contribution < 1.29 is 0 Å².